The van der Waals surface area contributed by atoms with Crippen LogP contribution in [0.4, 0.5) is 0 Å². The minimum Gasteiger partial charge on any atom is -0.496 e. The van der Waals surface area contributed by atoms with Crippen molar-refractivity contribution in [2.24, 2.45) is 0 Å². The first kappa shape index (κ1) is 24.0. The summed E-state index contributed by atoms with van der Waals surface area (Å²) < 4.78 is 23.7. The first-order valence-corrected chi connectivity index (χ1v) is 12.5. The zero-order valence-electron chi connectivity index (χ0n) is 22.2. The summed E-state index contributed by atoms with van der Waals surface area (Å²) >= 11 is 0. The molecule has 2 heterocycles. The average Bonchev–Trinajstić information content (AvgIpc) is 2.87. The summed E-state index contributed by atoms with van der Waals surface area (Å²) in [5, 5.41) is 0. The van der Waals surface area contributed by atoms with E-state index in [9.17, 15) is 9.59 Å². The molecule has 0 radical (unpaired) electrons. The Kier molecular flexibility index (Phi) is 5.12. The Hall–Kier alpha value is -4.32. The molecule has 6 heteroatoms. The van der Waals surface area contributed by atoms with Crippen LogP contribution in [0.15, 0.2) is 59.7 Å². The molecule has 2 aliphatic carbocycles. The molecule has 2 aliphatic heterocycles. The zero-order valence-corrected chi connectivity index (χ0v) is 22.2. The van der Waals surface area contributed by atoms with Gasteiger partial charge < -0.3 is 18.9 Å². The molecule has 0 aromatic heterocycles. The number of hydrogen-bond acceptors (Lipinski definition) is 6. The van der Waals surface area contributed by atoms with E-state index in [-0.39, 0.29) is 22.7 Å². The van der Waals surface area contributed by atoms with Gasteiger partial charge in [0, 0.05) is 44.5 Å². The van der Waals surface area contributed by atoms with Gasteiger partial charge in [0.15, 0.2) is 11.6 Å². The topological polar surface area (TPSA) is 71.1 Å². The number of ether oxygens (including phenoxy) is 4. The van der Waals surface area contributed by atoms with Crippen LogP contribution in [0.5, 0.6) is 11.5 Å². The van der Waals surface area contributed by atoms with E-state index in [0.29, 0.717) is 45.3 Å². The van der Waals surface area contributed by atoms with Crippen LogP contribution in [0.1, 0.15) is 70.7 Å². The Morgan fingerprint density at radius 3 is 1.39 bits per heavy atom. The van der Waals surface area contributed by atoms with Crippen LogP contribution in [0, 0.1) is 0 Å². The first-order valence-electron chi connectivity index (χ1n) is 12.5. The lowest BCUT2D eigenvalue weighted by molar-refractivity contribution is 0.100. The Balaban J connectivity index is 1.53. The van der Waals surface area contributed by atoms with Gasteiger partial charge in [-0.05, 0) is 76.3 Å². The molecule has 0 unspecified atom stereocenters. The molecule has 0 saturated carbocycles. The van der Waals surface area contributed by atoms with Gasteiger partial charge in [0.2, 0.25) is 0 Å². The number of methoxy groups -OCH3 is 2. The van der Waals surface area contributed by atoms with E-state index in [1.165, 1.54) is 0 Å². The van der Waals surface area contributed by atoms with Gasteiger partial charge in [-0.1, -0.05) is 12.2 Å². The van der Waals surface area contributed by atoms with Gasteiger partial charge in [-0.15, -0.1) is 0 Å². The molecule has 0 saturated heterocycles. The molecule has 0 N–H and O–H groups in total. The van der Waals surface area contributed by atoms with E-state index >= 15 is 0 Å². The standard InChI is InChI=1S/C32H28O6/c1-31(2)13-11-17-23(37-31)9-7-19-27(17)25(35-5)15-21(29(19)33)22-16-26(36-6)28-18-12-14-32(3,4)38-24(18)10-8-20(28)30(22)34/h7-16H,1-6H3/b22-21+. The highest BCUT2D eigenvalue weighted by Crippen LogP contribution is 2.45. The number of benzene rings is 2. The minimum absolute atomic E-state index is 0.256. The van der Waals surface area contributed by atoms with Crippen molar-refractivity contribution >= 4 is 35.2 Å². The second-order valence-corrected chi connectivity index (χ2v) is 10.8. The van der Waals surface area contributed by atoms with Crippen LogP contribution in [0.3, 0.4) is 0 Å². The van der Waals surface area contributed by atoms with Crippen molar-refractivity contribution in [1.29, 1.82) is 0 Å². The molecule has 0 bridgehead atoms. The van der Waals surface area contributed by atoms with Gasteiger partial charge in [0.1, 0.15) is 34.2 Å². The van der Waals surface area contributed by atoms with Crippen molar-refractivity contribution in [3.63, 3.8) is 0 Å². The van der Waals surface area contributed by atoms with Crippen molar-refractivity contribution in [2.75, 3.05) is 14.2 Å². The SMILES string of the molecule is COC1=C/C(=C2/C=C(OC)c3c(ccc4c3C=CC(C)(C)O4)C2=O)C(=O)c2ccc3c(c21)C=CC(C)(C)O3. The van der Waals surface area contributed by atoms with Gasteiger partial charge in [-0.2, -0.15) is 0 Å². The molecule has 0 fully saturated rings. The average molecular weight is 509 g/mol. The Morgan fingerprint density at radius 1 is 0.632 bits per heavy atom. The lowest BCUT2D eigenvalue weighted by atomic mass is 9.80. The van der Waals surface area contributed by atoms with E-state index in [2.05, 4.69) is 0 Å². The quantitative estimate of drug-likeness (QED) is 0.436. The summed E-state index contributed by atoms with van der Waals surface area (Å²) in [6.07, 6.45) is 11.1. The smallest absolute Gasteiger partial charge is 0.194 e. The Morgan fingerprint density at radius 2 is 1.03 bits per heavy atom. The molecule has 2 aromatic rings. The fourth-order valence-electron chi connectivity index (χ4n) is 5.37. The molecule has 0 amide bonds. The number of ketones is 2. The summed E-state index contributed by atoms with van der Waals surface area (Å²) in [6.45, 7) is 7.88. The van der Waals surface area contributed by atoms with E-state index in [4.69, 9.17) is 18.9 Å². The van der Waals surface area contributed by atoms with Crippen LogP contribution in [0.25, 0.3) is 23.7 Å². The second kappa shape index (κ2) is 8.09. The van der Waals surface area contributed by atoms with Gasteiger partial charge in [0.05, 0.1) is 14.2 Å². The third-order valence-corrected chi connectivity index (χ3v) is 7.21. The van der Waals surface area contributed by atoms with Crippen LogP contribution in [-0.4, -0.2) is 37.0 Å². The minimum atomic E-state index is -0.456. The summed E-state index contributed by atoms with van der Waals surface area (Å²) in [6, 6.07) is 7.07. The van der Waals surface area contributed by atoms with Crippen LogP contribution in [0.2, 0.25) is 0 Å². The maximum Gasteiger partial charge on any atom is 0.194 e. The molecule has 6 rings (SSSR count). The summed E-state index contributed by atoms with van der Waals surface area (Å²) in [5.74, 6) is 1.81. The second-order valence-electron chi connectivity index (χ2n) is 10.8. The normalized spacial score (nSPS) is 21.6. The summed E-state index contributed by atoms with van der Waals surface area (Å²) in [7, 11) is 3.11. The highest BCUT2D eigenvalue weighted by molar-refractivity contribution is 6.26. The molecular formula is C32H28O6. The summed E-state index contributed by atoms with van der Waals surface area (Å²) in [4.78, 5) is 27.7. The molecule has 4 aliphatic rings. The summed E-state index contributed by atoms with van der Waals surface area (Å²) in [5.41, 5.74) is 3.38. The van der Waals surface area contributed by atoms with Gasteiger partial charge in [-0.25, -0.2) is 0 Å². The first-order chi connectivity index (χ1) is 18.0. The fraction of sp³-hybridized carbons (Fsp3) is 0.250. The molecular weight excluding hydrogens is 480 g/mol. The zero-order chi connectivity index (χ0) is 27.0. The van der Waals surface area contributed by atoms with Gasteiger partial charge in [0.25, 0.3) is 0 Å². The molecule has 0 atom stereocenters. The van der Waals surface area contributed by atoms with E-state index in [1.54, 1.807) is 50.6 Å². The molecule has 192 valence electrons. The maximum absolute atomic E-state index is 13.9. The Labute approximate surface area is 221 Å². The van der Waals surface area contributed by atoms with Crippen molar-refractivity contribution in [2.45, 2.75) is 38.9 Å². The number of carbonyl (C=O) groups excluding carboxylic acids is 2. The number of Topliss-reactive ketones (excluding diaryl/α,β-unsaturated/α-hetero) is 2. The van der Waals surface area contributed by atoms with Crippen LogP contribution >= 0.6 is 0 Å². The lowest BCUT2D eigenvalue weighted by Gasteiger charge is -2.31. The number of hydrogen-bond donors (Lipinski definition) is 0. The van der Waals surface area contributed by atoms with Crippen molar-refractivity contribution < 1.29 is 28.5 Å². The third-order valence-electron chi connectivity index (χ3n) is 7.21. The van der Waals surface area contributed by atoms with Crippen molar-refractivity contribution in [3.05, 3.63) is 93.1 Å². The number of fused-ring (bicyclic) bond motifs is 6. The van der Waals surface area contributed by atoms with Crippen LogP contribution < -0.4 is 9.47 Å². The predicted octanol–water partition coefficient (Wildman–Crippen LogP) is 6.42. The van der Waals surface area contributed by atoms with E-state index in [0.717, 1.165) is 11.1 Å². The maximum atomic E-state index is 13.9. The fourth-order valence-corrected chi connectivity index (χ4v) is 5.37. The van der Waals surface area contributed by atoms with Gasteiger partial charge in [-0.3, -0.25) is 9.59 Å². The number of rotatable bonds is 2. The molecule has 0 spiro atoms. The molecule has 38 heavy (non-hydrogen) atoms. The Bertz CT molecular complexity index is 1490. The van der Waals surface area contributed by atoms with Gasteiger partial charge >= 0.3 is 0 Å². The highest BCUT2D eigenvalue weighted by Gasteiger charge is 2.36. The monoisotopic (exact) mass is 508 g/mol. The number of carbonyl (C=O) groups is 2. The lowest BCUT2D eigenvalue weighted by Crippen LogP contribution is -2.29. The molecule has 6 nitrogen and oxygen atoms in total. The van der Waals surface area contributed by atoms with E-state index < -0.39 is 11.2 Å². The highest BCUT2D eigenvalue weighted by atomic mass is 16.5. The molecule has 2 aromatic carbocycles. The number of allylic oxidation sites excluding steroid dienone is 4. The largest absolute Gasteiger partial charge is 0.496 e. The van der Waals surface area contributed by atoms with Crippen molar-refractivity contribution in [3.8, 4) is 11.5 Å². The van der Waals surface area contributed by atoms with E-state index in [1.807, 2.05) is 52.0 Å². The predicted molar refractivity (Wildman–Crippen MR) is 146 cm³/mol. The third kappa shape index (κ3) is 3.55. The van der Waals surface area contributed by atoms with Crippen LogP contribution in [-0.2, 0) is 9.47 Å². The van der Waals surface area contributed by atoms with Crippen molar-refractivity contribution in [1.82, 2.24) is 0 Å².